The first-order chi connectivity index (χ1) is 9.40. The molecule has 0 amide bonds. The monoisotopic (exact) mass is 282 g/mol. The van der Waals surface area contributed by atoms with Crippen LogP contribution in [0.1, 0.15) is 32.3 Å². The number of nitrogens with one attached hydrogen (secondary N) is 1. The van der Waals surface area contributed by atoms with Crippen LogP contribution in [-0.2, 0) is 16.1 Å². The van der Waals surface area contributed by atoms with Crippen molar-refractivity contribution in [2.45, 2.75) is 39.8 Å². The normalized spacial score (nSPS) is 16.2. The second-order valence-electron chi connectivity index (χ2n) is 5.86. The number of nitrogens with zero attached hydrogens (tertiary/aromatic N) is 1. The summed E-state index contributed by atoms with van der Waals surface area (Å²) in [5.41, 5.74) is -0.318. The van der Waals surface area contributed by atoms with Gasteiger partial charge in [-0.1, -0.05) is 0 Å². The first-order valence-electron chi connectivity index (χ1n) is 7.00. The molecular weight excluding hydrogens is 256 g/mol. The van der Waals surface area contributed by atoms with E-state index < -0.39 is 0 Å². The number of hydrogen-bond acceptors (Lipinski definition) is 5. The van der Waals surface area contributed by atoms with E-state index in [-0.39, 0.29) is 5.60 Å². The number of piperazine rings is 1. The molecule has 0 radical (unpaired) electrons. The highest BCUT2D eigenvalue weighted by molar-refractivity contribution is 5.37. The molecule has 2 heterocycles. The van der Waals surface area contributed by atoms with Gasteiger partial charge in [0.05, 0.1) is 6.54 Å². The van der Waals surface area contributed by atoms with E-state index in [9.17, 15) is 4.79 Å². The first kappa shape index (κ1) is 16.7. The van der Waals surface area contributed by atoms with Crippen molar-refractivity contribution < 1.29 is 13.9 Å². The molecule has 0 spiro atoms. The SMILES string of the molecule is CC(C)(C)OC=O.Cc1ccc(CN2CCNCC2)o1. The Morgan fingerprint density at radius 2 is 2.00 bits per heavy atom. The van der Waals surface area contributed by atoms with Gasteiger partial charge in [0.2, 0.25) is 0 Å². The van der Waals surface area contributed by atoms with Crippen LogP contribution in [0.3, 0.4) is 0 Å². The minimum absolute atomic E-state index is 0.318. The van der Waals surface area contributed by atoms with E-state index in [1.807, 2.05) is 33.8 Å². The van der Waals surface area contributed by atoms with Crippen LogP contribution in [0.25, 0.3) is 0 Å². The Kier molecular flexibility index (Phi) is 6.75. The van der Waals surface area contributed by atoms with Crippen molar-refractivity contribution in [1.82, 2.24) is 10.2 Å². The van der Waals surface area contributed by atoms with Gasteiger partial charge >= 0.3 is 0 Å². The number of carbonyl (C=O) groups is 1. The van der Waals surface area contributed by atoms with Gasteiger partial charge in [-0.2, -0.15) is 0 Å². The minimum atomic E-state index is -0.318. The lowest BCUT2D eigenvalue weighted by atomic mass is 10.2. The number of hydrogen-bond donors (Lipinski definition) is 1. The summed E-state index contributed by atoms with van der Waals surface area (Å²) in [6.07, 6.45) is 0. The summed E-state index contributed by atoms with van der Waals surface area (Å²) < 4.78 is 10.1. The molecule has 5 heteroatoms. The Labute approximate surface area is 121 Å². The van der Waals surface area contributed by atoms with E-state index >= 15 is 0 Å². The Morgan fingerprint density at radius 1 is 1.35 bits per heavy atom. The molecule has 0 aromatic carbocycles. The second kappa shape index (κ2) is 8.07. The highest BCUT2D eigenvalue weighted by Crippen LogP contribution is 2.09. The van der Waals surface area contributed by atoms with Gasteiger partial charge in [-0.3, -0.25) is 9.69 Å². The Morgan fingerprint density at radius 3 is 2.40 bits per heavy atom. The highest BCUT2D eigenvalue weighted by Gasteiger charge is 2.11. The standard InChI is InChI=1S/C10H16N2O.C5H10O2/c1-9-2-3-10(13-9)8-12-6-4-11-5-7-12;1-5(2,3)7-4-6/h2-3,11H,4-8H2,1H3;4H,1-3H3. The molecule has 1 saturated heterocycles. The van der Waals surface area contributed by atoms with Crippen LogP contribution in [0, 0.1) is 6.92 Å². The fraction of sp³-hybridized carbons (Fsp3) is 0.667. The predicted octanol–water partition coefficient (Wildman–Crippen LogP) is 1.95. The van der Waals surface area contributed by atoms with Crippen molar-refractivity contribution in [3.8, 4) is 0 Å². The van der Waals surface area contributed by atoms with Gasteiger partial charge in [-0.15, -0.1) is 0 Å². The van der Waals surface area contributed by atoms with Crippen molar-refractivity contribution in [2.24, 2.45) is 0 Å². The molecule has 1 aromatic rings. The molecule has 0 unspecified atom stereocenters. The summed E-state index contributed by atoms with van der Waals surface area (Å²) >= 11 is 0. The largest absolute Gasteiger partial charge is 0.465 e. The lowest BCUT2D eigenvalue weighted by Gasteiger charge is -2.26. The summed E-state index contributed by atoms with van der Waals surface area (Å²) in [4.78, 5) is 12.0. The van der Waals surface area contributed by atoms with Crippen LogP contribution in [-0.4, -0.2) is 43.2 Å². The maximum Gasteiger partial charge on any atom is 0.293 e. The zero-order valence-electron chi connectivity index (χ0n) is 12.9. The molecule has 1 N–H and O–H groups in total. The maximum atomic E-state index is 9.60. The maximum absolute atomic E-state index is 9.60. The highest BCUT2D eigenvalue weighted by atomic mass is 16.5. The molecule has 0 saturated carbocycles. The number of ether oxygens (including phenoxy) is 1. The van der Waals surface area contributed by atoms with Crippen LogP contribution in [0.2, 0.25) is 0 Å². The first-order valence-corrected chi connectivity index (χ1v) is 7.00. The average molecular weight is 282 g/mol. The van der Waals surface area contributed by atoms with E-state index in [0.717, 1.165) is 44.2 Å². The van der Waals surface area contributed by atoms with E-state index in [0.29, 0.717) is 6.47 Å². The van der Waals surface area contributed by atoms with Crippen LogP contribution in [0.15, 0.2) is 16.5 Å². The van der Waals surface area contributed by atoms with Crippen molar-refractivity contribution >= 4 is 6.47 Å². The third-order valence-electron chi connectivity index (χ3n) is 2.79. The number of rotatable bonds is 3. The molecule has 2 rings (SSSR count). The van der Waals surface area contributed by atoms with Gasteiger partial charge < -0.3 is 14.5 Å². The third kappa shape index (κ3) is 7.31. The van der Waals surface area contributed by atoms with Gasteiger partial charge in [-0.05, 0) is 39.8 Å². The number of carbonyl (C=O) groups excluding carboxylic acids is 1. The number of furan rings is 1. The topological polar surface area (TPSA) is 54.7 Å². The zero-order valence-corrected chi connectivity index (χ0v) is 12.9. The van der Waals surface area contributed by atoms with Crippen molar-refractivity contribution in [3.63, 3.8) is 0 Å². The molecule has 20 heavy (non-hydrogen) atoms. The van der Waals surface area contributed by atoms with Crippen LogP contribution in [0.4, 0.5) is 0 Å². The zero-order chi connectivity index (χ0) is 15.0. The molecular formula is C15H26N2O3. The van der Waals surface area contributed by atoms with Gasteiger partial charge in [-0.25, -0.2) is 0 Å². The fourth-order valence-corrected chi connectivity index (χ4v) is 1.80. The second-order valence-corrected chi connectivity index (χ2v) is 5.86. The summed E-state index contributed by atoms with van der Waals surface area (Å²) in [6.45, 7) is 13.3. The van der Waals surface area contributed by atoms with Crippen molar-refractivity contribution in [1.29, 1.82) is 0 Å². The van der Waals surface area contributed by atoms with Gasteiger partial charge in [0.1, 0.15) is 17.1 Å². The molecule has 0 bridgehead atoms. The molecule has 1 fully saturated rings. The molecule has 5 nitrogen and oxygen atoms in total. The van der Waals surface area contributed by atoms with Crippen LogP contribution >= 0.6 is 0 Å². The smallest absolute Gasteiger partial charge is 0.293 e. The molecule has 1 aromatic heterocycles. The van der Waals surface area contributed by atoms with Gasteiger partial charge in [0.25, 0.3) is 6.47 Å². The van der Waals surface area contributed by atoms with Crippen LogP contribution in [0.5, 0.6) is 0 Å². The summed E-state index contributed by atoms with van der Waals surface area (Å²) in [5, 5.41) is 3.33. The lowest BCUT2D eigenvalue weighted by molar-refractivity contribution is -0.138. The van der Waals surface area contributed by atoms with E-state index in [1.54, 1.807) is 0 Å². The number of aryl methyl sites for hydroxylation is 1. The Bertz CT molecular complexity index is 390. The van der Waals surface area contributed by atoms with Gasteiger partial charge in [0.15, 0.2) is 0 Å². The molecule has 0 aliphatic carbocycles. The lowest BCUT2D eigenvalue weighted by Crippen LogP contribution is -2.42. The average Bonchev–Trinajstić information content (AvgIpc) is 2.75. The predicted molar refractivity (Wildman–Crippen MR) is 78.5 cm³/mol. The Hall–Kier alpha value is -1.33. The van der Waals surface area contributed by atoms with E-state index in [1.165, 1.54) is 0 Å². The third-order valence-corrected chi connectivity index (χ3v) is 2.79. The van der Waals surface area contributed by atoms with E-state index in [4.69, 9.17) is 4.42 Å². The molecule has 1 aliphatic rings. The van der Waals surface area contributed by atoms with Crippen LogP contribution < -0.4 is 5.32 Å². The molecule has 1 aliphatic heterocycles. The van der Waals surface area contributed by atoms with Crippen molar-refractivity contribution in [2.75, 3.05) is 26.2 Å². The molecule has 114 valence electrons. The fourth-order valence-electron chi connectivity index (χ4n) is 1.80. The van der Waals surface area contributed by atoms with E-state index in [2.05, 4.69) is 21.0 Å². The summed E-state index contributed by atoms with van der Waals surface area (Å²) in [5.74, 6) is 2.09. The summed E-state index contributed by atoms with van der Waals surface area (Å²) in [7, 11) is 0. The Balaban J connectivity index is 0.000000246. The summed E-state index contributed by atoms with van der Waals surface area (Å²) in [6, 6.07) is 4.09. The minimum Gasteiger partial charge on any atom is -0.465 e. The molecule has 0 atom stereocenters. The van der Waals surface area contributed by atoms with Crippen molar-refractivity contribution in [3.05, 3.63) is 23.7 Å². The van der Waals surface area contributed by atoms with Gasteiger partial charge in [0, 0.05) is 26.2 Å². The quantitative estimate of drug-likeness (QED) is 0.859.